The topological polar surface area (TPSA) is 79.5 Å². The van der Waals surface area contributed by atoms with Gasteiger partial charge in [-0.2, -0.15) is 0 Å². The maximum Gasteiger partial charge on any atom is 0.170 e. The Balaban J connectivity index is 1.75. The quantitative estimate of drug-likeness (QED) is 0.389. The summed E-state index contributed by atoms with van der Waals surface area (Å²) in [5.41, 5.74) is 1.93. The number of hydrogen-bond acceptors (Lipinski definition) is 5. The lowest BCUT2D eigenvalue weighted by atomic mass is 10.0. The van der Waals surface area contributed by atoms with Crippen LogP contribution in [-0.2, 0) is 17.7 Å². The second-order valence-electron chi connectivity index (χ2n) is 9.21. The minimum atomic E-state index is -0.969. The molecule has 1 aromatic carbocycles. The fraction of sp³-hybridized carbons (Fsp3) is 0.625. The van der Waals surface area contributed by atoms with E-state index in [-0.39, 0.29) is 24.8 Å². The Hall–Kier alpha value is -1.15. The van der Waals surface area contributed by atoms with Gasteiger partial charge in [0.2, 0.25) is 0 Å². The molecule has 3 atom stereocenters. The van der Waals surface area contributed by atoms with Crippen LogP contribution in [0, 0.1) is 5.92 Å². The maximum absolute atomic E-state index is 11.0. The fourth-order valence-electron chi connectivity index (χ4n) is 4.41. The van der Waals surface area contributed by atoms with E-state index in [0.717, 1.165) is 43.4 Å². The highest BCUT2D eigenvalue weighted by molar-refractivity contribution is 6.34. The number of nitrogens with one attached hydrogen (secondary N) is 1. The number of imidazole rings is 1. The van der Waals surface area contributed by atoms with Gasteiger partial charge < -0.3 is 24.8 Å². The van der Waals surface area contributed by atoms with Crippen molar-refractivity contribution in [3.05, 3.63) is 52.0 Å². The molecule has 3 N–H and O–H groups in total. The first-order valence-corrected chi connectivity index (χ1v) is 12.2. The summed E-state index contributed by atoms with van der Waals surface area (Å²) < 4.78 is 8.03. The van der Waals surface area contributed by atoms with Crippen LogP contribution in [0.15, 0.2) is 30.7 Å². The largest absolute Gasteiger partial charge is 0.395 e. The monoisotopic (exact) mass is 483 g/mol. The number of aromatic nitrogens is 2. The number of benzene rings is 1. The summed E-state index contributed by atoms with van der Waals surface area (Å²) in [5, 5.41) is 25.5. The predicted octanol–water partition coefficient (Wildman–Crippen LogP) is 4.42. The number of aliphatic hydroxyl groups excluding tert-OH is 2. The lowest BCUT2D eigenvalue weighted by Crippen LogP contribution is -2.50. The zero-order chi connectivity index (χ0) is 23.1. The highest BCUT2D eigenvalue weighted by Crippen LogP contribution is 2.24. The molecule has 6 nitrogen and oxygen atoms in total. The average Bonchev–Trinajstić information content (AvgIpc) is 3.38. The van der Waals surface area contributed by atoms with Crippen molar-refractivity contribution in [1.82, 2.24) is 14.9 Å². The maximum atomic E-state index is 11.0. The van der Waals surface area contributed by atoms with E-state index in [1.807, 2.05) is 16.7 Å². The molecule has 0 amide bonds. The van der Waals surface area contributed by atoms with Gasteiger partial charge in [-0.3, -0.25) is 0 Å². The van der Waals surface area contributed by atoms with E-state index in [0.29, 0.717) is 28.9 Å². The summed E-state index contributed by atoms with van der Waals surface area (Å²) in [6.45, 7) is 4.81. The number of hydrogen-bond donors (Lipinski definition) is 3. The Kier molecular flexibility index (Phi) is 9.83. The molecule has 8 heteroatoms. The van der Waals surface area contributed by atoms with Crippen LogP contribution in [0.4, 0.5) is 0 Å². The second kappa shape index (κ2) is 12.4. The summed E-state index contributed by atoms with van der Waals surface area (Å²) in [5.74, 6) is 0.422. The van der Waals surface area contributed by atoms with Crippen molar-refractivity contribution in [2.45, 2.75) is 83.4 Å². The number of rotatable bonds is 12. The number of nitrogens with zero attached hydrogens (tertiary/aromatic N) is 2. The van der Waals surface area contributed by atoms with E-state index in [1.54, 1.807) is 18.6 Å². The molecule has 1 fully saturated rings. The van der Waals surface area contributed by atoms with E-state index in [9.17, 15) is 10.2 Å². The standard InChI is InChI=1S/C24H35Cl2N3O3/c1-16(2)7-20(14-30)28-23(24(31)32-22-5-3-4-6-22)11-21-12-27-15-29(21)13-17-8-18(25)10-19(26)9-17/h8-10,12,15-16,20,22-24,28,30-31H,3-7,11,13-14H2,1-2H3. The summed E-state index contributed by atoms with van der Waals surface area (Å²) in [7, 11) is 0. The van der Waals surface area contributed by atoms with Crippen molar-refractivity contribution in [2.75, 3.05) is 6.61 Å². The normalized spacial score (nSPS) is 17.7. The Morgan fingerprint density at radius 3 is 2.50 bits per heavy atom. The van der Waals surface area contributed by atoms with Crippen LogP contribution >= 0.6 is 23.2 Å². The molecule has 1 saturated carbocycles. The van der Waals surface area contributed by atoms with Gasteiger partial charge in [-0.05, 0) is 48.9 Å². The van der Waals surface area contributed by atoms with E-state index >= 15 is 0 Å². The van der Waals surface area contributed by atoms with Crippen molar-refractivity contribution < 1.29 is 14.9 Å². The highest BCUT2D eigenvalue weighted by atomic mass is 35.5. The smallest absolute Gasteiger partial charge is 0.170 e. The van der Waals surface area contributed by atoms with E-state index in [1.165, 1.54) is 0 Å². The SMILES string of the molecule is CC(C)CC(CO)NC(Cc1cncn1Cc1cc(Cl)cc(Cl)c1)C(O)OC1CCCC1. The van der Waals surface area contributed by atoms with Crippen LogP contribution in [0.2, 0.25) is 10.0 Å². The van der Waals surface area contributed by atoms with E-state index in [4.69, 9.17) is 27.9 Å². The molecule has 3 unspecified atom stereocenters. The third-order valence-electron chi connectivity index (χ3n) is 5.91. The van der Waals surface area contributed by atoms with Crippen LogP contribution in [-0.4, -0.2) is 50.8 Å². The van der Waals surface area contributed by atoms with Gasteiger partial charge >= 0.3 is 0 Å². The van der Waals surface area contributed by atoms with Gasteiger partial charge in [0.15, 0.2) is 6.29 Å². The summed E-state index contributed by atoms with van der Waals surface area (Å²) >= 11 is 12.3. The van der Waals surface area contributed by atoms with Crippen molar-refractivity contribution >= 4 is 23.2 Å². The Morgan fingerprint density at radius 1 is 1.19 bits per heavy atom. The average molecular weight is 484 g/mol. The molecule has 0 saturated heterocycles. The number of halogens is 2. The molecule has 32 heavy (non-hydrogen) atoms. The van der Waals surface area contributed by atoms with Crippen LogP contribution in [0.5, 0.6) is 0 Å². The lowest BCUT2D eigenvalue weighted by Gasteiger charge is -2.31. The summed E-state index contributed by atoms with van der Waals surface area (Å²) in [4.78, 5) is 4.32. The van der Waals surface area contributed by atoms with Crippen molar-refractivity contribution in [2.24, 2.45) is 5.92 Å². The molecular weight excluding hydrogens is 449 g/mol. The zero-order valence-electron chi connectivity index (χ0n) is 18.9. The number of ether oxygens (including phenoxy) is 1. The molecule has 0 spiro atoms. The van der Waals surface area contributed by atoms with Crippen LogP contribution < -0.4 is 5.32 Å². The first-order valence-electron chi connectivity index (χ1n) is 11.5. The van der Waals surface area contributed by atoms with Crippen molar-refractivity contribution in [1.29, 1.82) is 0 Å². The minimum absolute atomic E-state index is 0.00506. The molecule has 1 aliphatic carbocycles. The first-order chi connectivity index (χ1) is 15.3. The van der Waals surface area contributed by atoms with Crippen LogP contribution in [0.3, 0.4) is 0 Å². The molecule has 1 aliphatic rings. The van der Waals surface area contributed by atoms with Crippen LogP contribution in [0.25, 0.3) is 0 Å². The molecule has 2 aromatic rings. The molecular formula is C24H35Cl2N3O3. The fourth-order valence-corrected chi connectivity index (χ4v) is 4.98. The van der Waals surface area contributed by atoms with E-state index < -0.39 is 6.29 Å². The zero-order valence-corrected chi connectivity index (χ0v) is 20.4. The van der Waals surface area contributed by atoms with Gasteiger partial charge in [0.1, 0.15) is 0 Å². The van der Waals surface area contributed by atoms with Crippen molar-refractivity contribution in [3.8, 4) is 0 Å². The molecule has 178 valence electrons. The second-order valence-corrected chi connectivity index (χ2v) is 10.1. The highest BCUT2D eigenvalue weighted by Gasteiger charge is 2.28. The van der Waals surface area contributed by atoms with Gasteiger partial charge in [-0.15, -0.1) is 0 Å². The summed E-state index contributed by atoms with van der Waals surface area (Å²) in [6, 6.07) is 4.99. The van der Waals surface area contributed by atoms with Gasteiger partial charge in [0.25, 0.3) is 0 Å². The molecule has 1 aromatic heterocycles. The van der Waals surface area contributed by atoms with E-state index in [2.05, 4.69) is 24.1 Å². The molecule has 0 bridgehead atoms. The van der Waals surface area contributed by atoms with Crippen LogP contribution in [0.1, 0.15) is 57.2 Å². The molecule has 0 aliphatic heterocycles. The third-order valence-corrected chi connectivity index (χ3v) is 6.34. The molecule has 0 radical (unpaired) electrons. The molecule has 1 heterocycles. The Labute approximate surface area is 200 Å². The van der Waals surface area contributed by atoms with Gasteiger partial charge in [-0.1, -0.05) is 49.9 Å². The van der Waals surface area contributed by atoms with Gasteiger partial charge in [0, 0.05) is 40.9 Å². The first kappa shape index (κ1) is 25.5. The predicted molar refractivity (Wildman–Crippen MR) is 128 cm³/mol. The lowest BCUT2D eigenvalue weighted by molar-refractivity contribution is -0.152. The Bertz CT molecular complexity index is 819. The third kappa shape index (κ3) is 7.72. The number of aliphatic hydroxyl groups is 2. The minimum Gasteiger partial charge on any atom is -0.395 e. The van der Waals surface area contributed by atoms with Crippen molar-refractivity contribution in [3.63, 3.8) is 0 Å². The summed E-state index contributed by atoms with van der Waals surface area (Å²) in [6.07, 6.45) is 8.24. The Morgan fingerprint density at radius 2 is 1.88 bits per heavy atom. The van der Waals surface area contributed by atoms with Gasteiger partial charge in [0.05, 0.1) is 25.1 Å². The molecule has 3 rings (SSSR count). The van der Waals surface area contributed by atoms with Gasteiger partial charge in [-0.25, -0.2) is 4.98 Å².